The van der Waals surface area contributed by atoms with Crippen LogP contribution >= 0.6 is 0 Å². The average Bonchev–Trinajstić information content (AvgIpc) is 3.65. The molecule has 0 bridgehead atoms. The second-order valence-electron chi connectivity index (χ2n) is 10.0. The van der Waals surface area contributed by atoms with E-state index in [1.54, 1.807) is 26.0 Å². The first-order valence-corrected chi connectivity index (χ1v) is 13.7. The average molecular weight is 543 g/mol. The van der Waals surface area contributed by atoms with Crippen LogP contribution in [0.3, 0.4) is 0 Å². The molecule has 1 unspecified atom stereocenters. The molecule has 1 saturated carbocycles. The fourth-order valence-corrected chi connectivity index (χ4v) is 5.17. The predicted octanol–water partition coefficient (Wildman–Crippen LogP) is 3.16. The normalized spacial score (nSPS) is 14.5. The highest BCUT2D eigenvalue weighted by Crippen LogP contribution is 2.44. The second kappa shape index (κ2) is 11.6. The maximum atomic E-state index is 12.9. The Hall–Kier alpha value is -3.28. The molecule has 2 heterocycles. The highest BCUT2D eigenvalue weighted by atomic mass is 32.2. The number of carboxylic acid groups (broad SMARTS) is 1. The lowest BCUT2D eigenvalue weighted by Crippen LogP contribution is -2.35. The lowest BCUT2D eigenvalue weighted by Gasteiger charge is -2.25. The van der Waals surface area contributed by atoms with Crippen LogP contribution in [0.1, 0.15) is 58.8 Å². The van der Waals surface area contributed by atoms with Crippen molar-refractivity contribution in [3.05, 3.63) is 52.7 Å². The maximum absolute atomic E-state index is 12.9. The molecule has 10 nitrogen and oxygen atoms in total. The first-order valence-electron chi connectivity index (χ1n) is 12.6. The van der Waals surface area contributed by atoms with Gasteiger partial charge in [0.15, 0.2) is 0 Å². The number of carbonyl (C=O) groups excluding carboxylic acids is 1. The molecule has 0 spiro atoms. The molecule has 4 rings (SSSR count). The lowest BCUT2D eigenvalue weighted by molar-refractivity contribution is -0.138. The molecule has 1 atom stereocenters. The molecular weight excluding hydrogens is 508 g/mol. The minimum Gasteiger partial charge on any atom is -0.481 e. The standard InChI is InChI=1S/C27H34N4O6S/c1-16-5-7-18(8-6-16)25-24(26(34)28-2)21-14-20(17-9-10-17)22(29-27(21)37-25)15-31(38(35)36)12-11-19(30(3)4)13-23(32)33/h5-8,14,17,19,38H,9-13,15H2,1-4H3,(H,28,34)(H,32,33). The lowest BCUT2D eigenvalue weighted by atomic mass is 10.0. The largest absolute Gasteiger partial charge is 0.481 e. The van der Waals surface area contributed by atoms with Gasteiger partial charge in [-0.05, 0) is 57.8 Å². The molecule has 0 radical (unpaired) electrons. The van der Waals surface area contributed by atoms with Crippen molar-refractivity contribution in [2.24, 2.45) is 0 Å². The Morgan fingerprint density at radius 1 is 1.21 bits per heavy atom. The van der Waals surface area contributed by atoms with Crippen molar-refractivity contribution < 1.29 is 27.5 Å². The maximum Gasteiger partial charge on any atom is 0.304 e. The van der Waals surface area contributed by atoms with E-state index in [2.05, 4.69) is 5.32 Å². The van der Waals surface area contributed by atoms with Crippen LogP contribution in [0.25, 0.3) is 22.4 Å². The minimum atomic E-state index is -2.93. The van der Waals surface area contributed by atoms with Crippen molar-refractivity contribution in [2.75, 3.05) is 27.7 Å². The predicted molar refractivity (Wildman–Crippen MR) is 145 cm³/mol. The Morgan fingerprint density at radius 2 is 1.89 bits per heavy atom. The van der Waals surface area contributed by atoms with Gasteiger partial charge >= 0.3 is 5.97 Å². The smallest absolute Gasteiger partial charge is 0.304 e. The summed E-state index contributed by atoms with van der Waals surface area (Å²) in [6.07, 6.45) is 2.21. The Bertz CT molecular complexity index is 1400. The van der Waals surface area contributed by atoms with E-state index >= 15 is 0 Å². The summed E-state index contributed by atoms with van der Waals surface area (Å²) in [6.45, 7) is 2.19. The third kappa shape index (κ3) is 6.23. The van der Waals surface area contributed by atoms with Gasteiger partial charge in [0.2, 0.25) is 16.6 Å². The quantitative estimate of drug-likeness (QED) is 0.297. The van der Waals surface area contributed by atoms with Crippen LogP contribution in [-0.2, 0) is 22.2 Å². The molecular formula is C27H34N4O6S. The summed E-state index contributed by atoms with van der Waals surface area (Å²) in [6, 6.07) is 9.29. The Kier molecular flexibility index (Phi) is 8.49. The van der Waals surface area contributed by atoms with E-state index in [-0.39, 0.29) is 43.1 Å². The number of thiol groups is 1. The van der Waals surface area contributed by atoms with Crippen molar-refractivity contribution in [3.8, 4) is 11.3 Å². The zero-order valence-electron chi connectivity index (χ0n) is 22.1. The third-order valence-electron chi connectivity index (χ3n) is 7.00. The van der Waals surface area contributed by atoms with Gasteiger partial charge in [0.05, 0.1) is 29.6 Å². The van der Waals surface area contributed by atoms with Crippen molar-refractivity contribution >= 4 is 33.9 Å². The summed E-state index contributed by atoms with van der Waals surface area (Å²) < 4.78 is 31.8. The summed E-state index contributed by atoms with van der Waals surface area (Å²) in [5.41, 5.74) is 4.01. The number of rotatable bonds is 12. The number of carboxylic acids is 1. The molecule has 3 aromatic rings. The monoisotopic (exact) mass is 542 g/mol. The number of pyridine rings is 1. The molecule has 204 valence electrons. The molecule has 1 aliphatic rings. The number of hydrogen-bond acceptors (Lipinski definition) is 7. The van der Waals surface area contributed by atoms with Gasteiger partial charge in [-0.15, -0.1) is 0 Å². The van der Waals surface area contributed by atoms with E-state index in [9.17, 15) is 23.1 Å². The Labute approximate surface area is 223 Å². The molecule has 11 heteroatoms. The number of furan rings is 1. The van der Waals surface area contributed by atoms with E-state index in [1.165, 1.54) is 4.31 Å². The van der Waals surface area contributed by atoms with E-state index in [0.29, 0.717) is 28.8 Å². The number of aliphatic carboxylic acids is 1. The van der Waals surface area contributed by atoms with Crippen LogP contribution in [0, 0.1) is 6.92 Å². The van der Waals surface area contributed by atoms with Gasteiger partial charge in [0, 0.05) is 25.2 Å². The van der Waals surface area contributed by atoms with E-state index < -0.39 is 16.9 Å². The van der Waals surface area contributed by atoms with Gasteiger partial charge in [-0.3, -0.25) is 9.59 Å². The Morgan fingerprint density at radius 3 is 2.45 bits per heavy atom. The van der Waals surface area contributed by atoms with Crippen molar-refractivity contribution in [2.45, 2.75) is 51.1 Å². The summed E-state index contributed by atoms with van der Waals surface area (Å²) in [5.74, 6) is -0.558. The molecule has 2 N–H and O–H groups in total. The van der Waals surface area contributed by atoms with Gasteiger partial charge in [0.1, 0.15) is 5.76 Å². The summed E-state index contributed by atoms with van der Waals surface area (Å²) in [4.78, 5) is 30.7. The molecule has 0 saturated heterocycles. The van der Waals surface area contributed by atoms with Crippen molar-refractivity contribution in [1.29, 1.82) is 0 Å². The van der Waals surface area contributed by atoms with Crippen LogP contribution in [0.4, 0.5) is 0 Å². The van der Waals surface area contributed by atoms with E-state index in [0.717, 1.165) is 29.5 Å². The molecule has 1 aliphatic carbocycles. The zero-order valence-corrected chi connectivity index (χ0v) is 23.0. The van der Waals surface area contributed by atoms with E-state index in [1.807, 2.05) is 37.3 Å². The highest BCUT2D eigenvalue weighted by Gasteiger charge is 2.31. The SMILES string of the molecule is CNC(=O)c1c(-c2ccc(C)cc2)oc2nc(CN(CCC(CC(=O)O)N(C)C)[SH](=O)=O)c(C3CC3)cc12. The van der Waals surface area contributed by atoms with Crippen LogP contribution in [0.2, 0.25) is 0 Å². The van der Waals surface area contributed by atoms with Gasteiger partial charge in [0.25, 0.3) is 5.91 Å². The van der Waals surface area contributed by atoms with Gasteiger partial charge in [-0.1, -0.05) is 29.8 Å². The number of fused-ring (bicyclic) bond motifs is 1. The number of aromatic nitrogens is 1. The van der Waals surface area contributed by atoms with Gasteiger partial charge < -0.3 is 19.7 Å². The molecule has 0 aliphatic heterocycles. The van der Waals surface area contributed by atoms with E-state index in [4.69, 9.17) is 9.40 Å². The van der Waals surface area contributed by atoms with Crippen LogP contribution < -0.4 is 5.32 Å². The minimum absolute atomic E-state index is 0.0452. The molecule has 1 amide bonds. The van der Waals surface area contributed by atoms with Gasteiger partial charge in [-0.25, -0.2) is 13.4 Å². The van der Waals surface area contributed by atoms with Crippen LogP contribution in [0.15, 0.2) is 34.7 Å². The number of aryl methyl sites for hydroxylation is 1. The first kappa shape index (κ1) is 27.7. The van der Waals surface area contributed by atoms with Crippen molar-refractivity contribution in [1.82, 2.24) is 19.5 Å². The summed E-state index contributed by atoms with van der Waals surface area (Å²) in [5, 5.41) is 12.5. The summed E-state index contributed by atoms with van der Waals surface area (Å²) >= 11 is 0. The highest BCUT2D eigenvalue weighted by molar-refractivity contribution is 7.69. The topological polar surface area (TPSA) is 133 Å². The molecule has 2 aromatic heterocycles. The van der Waals surface area contributed by atoms with Crippen LogP contribution in [0.5, 0.6) is 0 Å². The fraction of sp³-hybridized carbons (Fsp3) is 0.444. The number of amides is 1. The third-order valence-corrected chi connectivity index (χ3v) is 7.81. The number of nitrogens with zero attached hydrogens (tertiary/aromatic N) is 3. The Balaban J connectivity index is 1.73. The molecule has 1 aromatic carbocycles. The number of hydrogen-bond donors (Lipinski definition) is 3. The molecule has 1 fully saturated rings. The van der Waals surface area contributed by atoms with Crippen LogP contribution in [-0.4, -0.2) is 73.3 Å². The second-order valence-corrected chi connectivity index (χ2v) is 11.1. The molecule has 38 heavy (non-hydrogen) atoms. The zero-order chi connectivity index (χ0) is 27.6. The number of carbonyl (C=O) groups is 2. The number of nitrogens with one attached hydrogen (secondary N) is 1. The summed E-state index contributed by atoms with van der Waals surface area (Å²) in [7, 11) is 2.19. The van der Waals surface area contributed by atoms with Gasteiger partial charge in [-0.2, -0.15) is 4.31 Å². The first-order chi connectivity index (χ1) is 18.1. The fourth-order valence-electron chi connectivity index (χ4n) is 4.64. The van der Waals surface area contributed by atoms with Crippen molar-refractivity contribution in [3.63, 3.8) is 0 Å². The number of benzene rings is 1.